The van der Waals surface area contributed by atoms with Crippen molar-refractivity contribution in [2.75, 3.05) is 13.1 Å². The monoisotopic (exact) mass is 403 g/mol. The van der Waals surface area contributed by atoms with Gasteiger partial charge in [-0.15, -0.1) is 0 Å². The molecule has 0 spiro atoms. The van der Waals surface area contributed by atoms with Crippen LogP contribution in [0, 0.1) is 0 Å². The quantitative estimate of drug-likeness (QED) is 0.692. The summed E-state index contributed by atoms with van der Waals surface area (Å²) in [5.41, 5.74) is -1.79. The van der Waals surface area contributed by atoms with Crippen molar-refractivity contribution in [2.45, 2.75) is 37.4 Å². The summed E-state index contributed by atoms with van der Waals surface area (Å²) in [6, 6.07) is 11.0. The van der Waals surface area contributed by atoms with Gasteiger partial charge in [-0.1, -0.05) is 30.3 Å². The van der Waals surface area contributed by atoms with Gasteiger partial charge in [-0.3, -0.25) is 0 Å². The van der Waals surface area contributed by atoms with Crippen LogP contribution in [0.3, 0.4) is 0 Å². The van der Waals surface area contributed by atoms with Crippen molar-refractivity contribution in [2.24, 2.45) is 0 Å². The fraction of sp³-hybridized carbons (Fsp3) is 0.400. The minimum absolute atomic E-state index is 0.0252. The number of nitrogens with one attached hydrogen (secondary N) is 1. The summed E-state index contributed by atoms with van der Waals surface area (Å²) in [6.45, 7) is 0.983. The van der Waals surface area contributed by atoms with Crippen LogP contribution in [-0.2, 0) is 23.7 Å². The van der Waals surface area contributed by atoms with Crippen LogP contribution in [0.5, 0.6) is 0 Å². The van der Waals surface area contributed by atoms with Crippen molar-refractivity contribution in [1.82, 2.24) is 5.32 Å². The van der Waals surface area contributed by atoms with Crippen LogP contribution < -0.4 is 5.32 Å². The number of piperidine rings is 1. The molecule has 0 amide bonds. The van der Waals surface area contributed by atoms with Gasteiger partial charge in [-0.25, -0.2) is 0 Å². The number of hydrogen-bond donors (Lipinski definition) is 1. The molecule has 28 heavy (non-hydrogen) atoms. The number of halogens is 6. The molecular formula is C20H19F6NO. The van der Waals surface area contributed by atoms with Crippen LogP contribution in [0.2, 0.25) is 0 Å². The standard InChI is InChI=1S/C20H19F6NO/c21-19(22,23)15-8-13(9-16(10-15)20(24,25)26)12-28-18-6-7-27-11-17(18)14-4-2-1-3-5-14/h1-5,8-10,17-18,27H,6-7,11-12H2/t17-,18-/m1/s1. The Morgan fingerprint density at radius 2 is 1.50 bits per heavy atom. The third-order valence-corrected chi connectivity index (χ3v) is 4.76. The van der Waals surface area contributed by atoms with E-state index in [2.05, 4.69) is 5.32 Å². The van der Waals surface area contributed by atoms with Crippen LogP contribution in [0.1, 0.15) is 34.6 Å². The number of ether oxygens (including phenoxy) is 1. The van der Waals surface area contributed by atoms with E-state index >= 15 is 0 Å². The molecule has 0 aliphatic carbocycles. The van der Waals surface area contributed by atoms with Crippen molar-refractivity contribution >= 4 is 0 Å². The highest BCUT2D eigenvalue weighted by Crippen LogP contribution is 2.37. The van der Waals surface area contributed by atoms with E-state index in [-0.39, 0.29) is 30.3 Å². The Labute approximate surface area is 158 Å². The highest BCUT2D eigenvalue weighted by Gasteiger charge is 2.37. The van der Waals surface area contributed by atoms with Crippen LogP contribution in [0.25, 0.3) is 0 Å². The maximum Gasteiger partial charge on any atom is 0.416 e. The summed E-state index contributed by atoms with van der Waals surface area (Å²) < 4.78 is 83.8. The number of benzene rings is 2. The van der Waals surface area contributed by atoms with Crippen molar-refractivity contribution in [3.8, 4) is 0 Å². The average Bonchev–Trinajstić information content (AvgIpc) is 2.66. The van der Waals surface area contributed by atoms with Crippen LogP contribution >= 0.6 is 0 Å². The number of rotatable bonds is 4. The normalized spacial score (nSPS) is 20.9. The van der Waals surface area contributed by atoms with Crippen LogP contribution in [0.15, 0.2) is 48.5 Å². The topological polar surface area (TPSA) is 21.3 Å². The molecule has 2 nitrogen and oxygen atoms in total. The molecule has 3 rings (SSSR count). The summed E-state index contributed by atoms with van der Waals surface area (Å²) in [5, 5.41) is 3.24. The first-order valence-corrected chi connectivity index (χ1v) is 8.80. The summed E-state index contributed by atoms with van der Waals surface area (Å²) in [6.07, 6.45) is -9.41. The molecule has 0 saturated carbocycles. The smallest absolute Gasteiger partial charge is 0.373 e. The highest BCUT2D eigenvalue weighted by atomic mass is 19.4. The lowest BCUT2D eigenvalue weighted by atomic mass is 9.89. The molecule has 1 heterocycles. The van der Waals surface area contributed by atoms with E-state index < -0.39 is 23.5 Å². The van der Waals surface area contributed by atoms with E-state index in [4.69, 9.17) is 4.74 Å². The first-order valence-electron chi connectivity index (χ1n) is 8.80. The molecule has 2 aromatic carbocycles. The summed E-state index contributed by atoms with van der Waals surface area (Å²) in [7, 11) is 0. The van der Waals surface area contributed by atoms with Crippen LogP contribution in [0.4, 0.5) is 26.3 Å². The molecule has 2 aromatic rings. The minimum atomic E-state index is -4.86. The van der Waals surface area contributed by atoms with Crippen molar-refractivity contribution < 1.29 is 31.1 Å². The average molecular weight is 403 g/mol. The Kier molecular flexibility index (Phi) is 6.00. The minimum Gasteiger partial charge on any atom is -0.373 e. The molecule has 0 radical (unpaired) electrons. The highest BCUT2D eigenvalue weighted by molar-refractivity contribution is 5.33. The van der Waals surface area contributed by atoms with E-state index in [0.29, 0.717) is 31.6 Å². The predicted octanol–water partition coefficient (Wildman–Crippen LogP) is 5.39. The zero-order valence-corrected chi connectivity index (χ0v) is 14.8. The lowest BCUT2D eigenvalue weighted by Crippen LogP contribution is -2.39. The number of alkyl halides is 6. The van der Waals surface area contributed by atoms with Gasteiger partial charge in [-0.2, -0.15) is 26.3 Å². The van der Waals surface area contributed by atoms with E-state index in [0.717, 1.165) is 5.56 Å². The van der Waals surface area contributed by atoms with Crippen molar-refractivity contribution in [3.63, 3.8) is 0 Å². The second kappa shape index (κ2) is 8.13. The van der Waals surface area contributed by atoms with Gasteiger partial charge in [0.05, 0.1) is 23.8 Å². The zero-order chi connectivity index (χ0) is 20.4. The van der Waals surface area contributed by atoms with Gasteiger partial charge in [0.2, 0.25) is 0 Å². The van der Waals surface area contributed by atoms with Gasteiger partial charge in [0.25, 0.3) is 0 Å². The molecular weight excluding hydrogens is 384 g/mol. The Morgan fingerprint density at radius 1 is 0.893 bits per heavy atom. The van der Waals surface area contributed by atoms with Crippen molar-refractivity contribution in [1.29, 1.82) is 0 Å². The van der Waals surface area contributed by atoms with Gasteiger partial charge in [0, 0.05) is 12.5 Å². The molecule has 8 heteroatoms. The lowest BCUT2D eigenvalue weighted by Gasteiger charge is -2.32. The Bertz CT molecular complexity index is 755. The molecule has 152 valence electrons. The summed E-state index contributed by atoms with van der Waals surface area (Å²) >= 11 is 0. The number of hydrogen-bond acceptors (Lipinski definition) is 2. The van der Waals surface area contributed by atoms with E-state index in [1.807, 2.05) is 30.3 Å². The lowest BCUT2D eigenvalue weighted by molar-refractivity contribution is -0.143. The van der Waals surface area contributed by atoms with E-state index in [1.54, 1.807) is 0 Å². The van der Waals surface area contributed by atoms with Gasteiger partial charge in [-0.05, 0) is 42.3 Å². The van der Waals surface area contributed by atoms with Gasteiger partial charge < -0.3 is 10.1 Å². The molecule has 1 saturated heterocycles. The van der Waals surface area contributed by atoms with Crippen molar-refractivity contribution in [3.05, 3.63) is 70.8 Å². The maximum atomic E-state index is 13.0. The second-order valence-corrected chi connectivity index (χ2v) is 6.77. The summed E-state index contributed by atoms with van der Waals surface area (Å²) in [4.78, 5) is 0. The third kappa shape index (κ3) is 5.05. The molecule has 0 unspecified atom stereocenters. The molecule has 0 aromatic heterocycles. The third-order valence-electron chi connectivity index (χ3n) is 4.76. The molecule has 2 atom stereocenters. The van der Waals surface area contributed by atoms with Crippen LogP contribution in [-0.4, -0.2) is 19.2 Å². The molecule has 1 aliphatic rings. The first kappa shape index (κ1) is 20.7. The predicted molar refractivity (Wildman–Crippen MR) is 91.7 cm³/mol. The van der Waals surface area contributed by atoms with Gasteiger partial charge in [0.15, 0.2) is 0 Å². The Hall–Kier alpha value is -2.06. The van der Waals surface area contributed by atoms with E-state index in [9.17, 15) is 26.3 Å². The molecule has 1 fully saturated rings. The Morgan fingerprint density at radius 3 is 2.07 bits per heavy atom. The largest absolute Gasteiger partial charge is 0.416 e. The first-order chi connectivity index (χ1) is 13.1. The maximum absolute atomic E-state index is 13.0. The molecule has 1 N–H and O–H groups in total. The summed E-state index contributed by atoms with van der Waals surface area (Å²) in [5.74, 6) is -0.0252. The van der Waals surface area contributed by atoms with Gasteiger partial charge in [0.1, 0.15) is 0 Å². The molecule has 1 aliphatic heterocycles. The Balaban J connectivity index is 1.81. The van der Waals surface area contributed by atoms with E-state index in [1.165, 1.54) is 0 Å². The molecule has 0 bridgehead atoms. The SMILES string of the molecule is FC(F)(F)c1cc(CO[C@@H]2CCNC[C@@H]2c2ccccc2)cc(C(F)(F)F)c1. The fourth-order valence-electron chi connectivity index (χ4n) is 3.37. The zero-order valence-electron chi connectivity index (χ0n) is 14.8. The fourth-order valence-corrected chi connectivity index (χ4v) is 3.37. The van der Waals surface area contributed by atoms with Gasteiger partial charge >= 0.3 is 12.4 Å². The second-order valence-electron chi connectivity index (χ2n) is 6.77.